The summed E-state index contributed by atoms with van der Waals surface area (Å²) in [6.07, 6.45) is 1.80. The Morgan fingerprint density at radius 2 is 2.27 bits per heavy atom. The van der Waals surface area contributed by atoms with Crippen LogP contribution in [-0.2, 0) is 0 Å². The third-order valence-electron chi connectivity index (χ3n) is 1.00. The van der Waals surface area contributed by atoms with Gasteiger partial charge in [0.25, 0.3) is 0 Å². The third-order valence-corrected chi connectivity index (χ3v) is 1.56. The van der Waals surface area contributed by atoms with E-state index in [2.05, 4.69) is 20.9 Å². The van der Waals surface area contributed by atoms with Crippen LogP contribution in [0.25, 0.3) is 0 Å². The lowest BCUT2D eigenvalue weighted by Crippen LogP contribution is -1.89. The van der Waals surface area contributed by atoms with Gasteiger partial charge in [0, 0.05) is 6.20 Å². The van der Waals surface area contributed by atoms with E-state index in [-0.39, 0.29) is 15.6 Å². The Hall–Kier alpha value is -0.810. The molecule has 1 rings (SSSR count). The monoisotopic (exact) mass is 221 g/mol. The Labute approximate surface area is 70.7 Å². The normalized spacial score (nSPS) is 8.55. The lowest BCUT2D eigenvalue weighted by atomic mass is 10.3. The Morgan fingerprint density at radius 3 is 2.73 bits per heavy atom. The van der Waals surface area contributed by atoms with Crippen molar-refractivity contribution in [3.05, 3.63) is 28.2 Å². The van der Waals surface area contributed by atoms with Crippen LogP contribution in [0, 0.1) is 5.82 Å². The minimum Gasteiger partial charge on any atom is -0.412 e. The molecule has 0 saturated heterocycles. The van der Waals surface area contributed by atoms with E-state index in [0.29, 0.717) is 6.29 Å². The van der Waals surface area contributed by atoms with Gasteiger partial charge in [0.05, 0.1) is 5.56 Å². The fourth-order valence-corrected chi connectivity index (χ4v) is 0.870. The van der Waals surface area contributed by atoms with E-state index in [1.165, 1.54) is 12.3 Å². The summed E-state index contributed by atoms with van der Waals surface area (Å²) in [6.45, 7) is 0. The number of halogens is 2. The Bertz CT molecular complexity index is 267. The molecule has 1 aromatic heterocycles. The molecule has 0 radical (unpaired) electrons. The average Bonchev–Trinajstić information content (AvgIpc) is 1.95. The van der Waals surface area contributed by atoms with Crippen molar-refractivity contribution >= 4 is 22.2 Å². The van der Waals surface area contributed by atoms with Crippen LogP contribution in [0.15, 0.2) is 16.9 Å². The number of aldehydes is 1. The first kappa shape index (κ1) is 10.2. The van der Waals surface area contributed by atoms with E-state index in [1.807, 2.05) is 0 Å². The zero-order valence-corrected chi connectivity index (χ0v) is 6.93. The molecule has 0 saturated carbocycles. The minimum atomic E-state index is -0.613. The van der Waals surface area contributed by atoms with Gasteiger partial charge >= 0.3 is 0 Å². The summed E-state index contributed by atoms with van der Waals surface area (Å²) in [5.41, 5.74) is 0.0156. The molecule has 0 amide bonds. The van der Waals surface area contributed by atoms with E-state index in [1.54, 1.807) is 0 Å². The molecule has 1 heterocycles. The Balaban J connectivity index is 0.000001000. The molecule has 0 fully saturated rings. The van der Waals surface area contributed by atoms with Gasteiger partial charge in [-0.1, -0.05) is 0 Å². The number of carbonyl (C=O) groups excluding carboxylic acids is 1. The van der Waals surface area contributed by atoms with Gasteiger partial charge in [-0.15, -0.1) is 0 Å². The number of hydrogen-bond acceptors (Lipinski definition) is 2. The predicted molar refractivity (Wildman–Crippen MR) is 40.9 cm³/mol. The molecule has 1 aromatic rings. The summed E-state index contributed by atoms with van der Waals surface area (Å²) < 4.78 is 12.7. The first-order valence-corrected chi connectivity index (χ1v) is 3.30. The van der Waals surface area contributed by atoms with Gasteiger partial charge in [-0.25, -0.2) is 9.37 Å². The fraction of sp³-hybridized carbons (Fsp3) is 0. The highest BCUT2D eigenvalue weighted by Crippen LogP contribution is 2.13. The zero-order chi connectivity index (χ0) is 7.56. The molecule has 0 aromatic carbocycles. The highest BCUT2D eigenvalue weighted by atomic mass is 79.9. The minimum absolute atomic E-state index is 0. The first-order valence-electron chi connectivity index (χ1n) is 2.51. The molecule has 2 N–H and O–H groups in total. The molecule has 0 aliphatic heterocycles. The number of rotatable bonds is 1. The van der Waals surface area contributed by atoms with Crippen LogP contribution >= 0.6 is 15.9 Å². The molecular formula is C6H5BrFNO2. The van der Waals surface area contributed by atoms with Crippen molar-refractivity contribution in [2.45, 2.75) is 0 Å². The predicted octanol–water partition coefficient (Wildman–Crippen LogP) is 0.971. The summed E-state index contributed by atoms with van der Waals surface area (Å²) in [6, 6.07) is 1.31. The van der Waals surface area contributed by atoms with Crippen molar-refractivity contribution in [2.75, 3.05) is 0 Å². The summed E-state index contributed by atoms with van der Waals surface area (Å²) in [5, 5.41) is 0. The average molecular weight is 222 g/mol. The Morgan fingerprint density at radius 1 is 1.64 bits per heavy atom. The van der Waals surface area contributed by atoms with E-state index in [9.17, 15) is 9.18 Å². The maximum absolute atomic E-state index is 12.7. The number of hydrogen-bond donors (Lipinski definition) is 0. The lowest BCUT2D eigenvalue weighted by Gasteiger charge is -1.93. The van der Waals surface area contributed by atoms with Crippen LogP contribution in [-0.4, -0.2) is 16.7 Å². The van der Waals surface area contributed by atoms with E-state index in [0.717, 1.165) is 0 Å². The Kier molecular flexibility index (Phi) is 3.84. The van der Waals surface area contributed by atoms with Crippen molar-refractivity contribution in [2.24, 2.45) is 0 Å². The molecular weight excluding hydrogens is 217 g/mol. The van der Waals surface area contributed by atoms with Gasteiger partial charge in [-0.2, -0.15) is 0 Å². The topological polar surface area (TPSA) is 61.5 Å². The molecule has 0 aliphatic rings. The van der Waals surface area contributed by atoms with Crippen LogP contribution < -0.4 is 0 Å². The second kappa shape index (κ2) is 4.15. The van der Waals surface area contributed by atoms with Crippen molar-refractivity contribution in [1.29, 1.82) is 0 Å². The maximum atomic E-state index is 12.7. The standard InChI is InChI=1S/C6H3BrFNO.H2O/c7-6-5(8)4(3-10)1-2-9-6;/h1-3H;1H2. The molecule has 60 valence electrons. The number of nitrogens with zero attached hydrogens (tertiary/aromatic N) is 1. The second-order valence-electron chi connectivity index (χ2n) is 1.62. The summed E-state index contributed by atoms with van der Waals surface area (Å²) in [7, 11) is 0. The van der Waals surface area contributed by atoms with Gasteiger partial charge < -0.3 is 5.48 Å². The van der Waals surface area contributed by atoms with Gasteiger partial charge in [-0.3, -0.25) is 4.79 Å². The van der Waals surface area contributed by atoms with Crippen molar-refractivity contribution in [3.8, 4) is 0 Å². The van der Waals surface area contributed by atoms with Crippen LogP contribution in [0.1, 0.15) is 10.4 Å². The highest BCUT2D eigenvalue weighted by Gasteiger charge is 2.04. The summed E-state index contributed by atoms with van der Waals surface area (Å²) in [4.78, 5) is 13.7. The molecule has 3 nitrogen and oxygen atoms in total. The van der Waals surface area contributed by atoms with Crippen molar-refractivity contribution in [1.82, 2.24) is 4.98 Å². The maximum Gasteiger partial charge on any atom is 0.166 e. The second-order valence-corrected chi connectivity index (χ2v) is 2.37. The fourth-order valence-electron chi connectivity index (χ4n) is 0.523. The molecule has 0 bridgehead atoms. The van der Waals surface area contributed by atoms with E-state index in [4.69, 9.17) is 0 Å². The third kappa shape index (κ3) is 2.06. The van der Waals surface area contributed by atoms with Crippen LogP contribution in [0.4, 0.5) is 4.39 Å². The molecule has 0 spiro atoms. The van der Waals surface area contributed by atoms with E-state index < -0.39 is 5.82 Å². The number of pyridine rings is 1. The molecule has 11 heavy (non-hydrogen) atoms. The first-order chi connectivity index (χ1) is 4.75. The SMILES string of the molecule is O.O=Cc1ccnc(Br)c1F. The van der Waals surface area contributed by atoms with Crippen LogP contribution in [0.2, 0.25) is 0 Å². The molecule has 5 heteroatoms. The largest absolute Gasteiger partial charge is 0.412 e. The number of carbonyl (C=O) groups is 1. The zero-order valence-electron chi connectivity index (χ0n) is 5.34. The van der Waals surface area contributed by atoms with Gasteiger partial charge in [-0.05, 0) is 22.0 Å². The van der Waals surface area contributed by atoms with Crippen LogP contribution in [0.5, 0.6) is 0 Å². The van der Waals surface area contributed by atoms with Crippen molar-refractivity contribution in [3.63, 3.8) is 0 Å². The van der Waals surface area contributed by atoms with Gasteiger partial charge in [0.15, 0.2) is 12.1 Å². The van der Waals surface area contributed by atoms with Crippen molar-refractivity contribution < 1.29 is 14.7 Å². The molecule has 0 unspecified atom stereocenters. The van der Waals surface area contributed by atoms with Gasteiger partial charge in [0.2, 0.25) is 0 Å². The summed E-state index contributed by atoms with van der Waals surface area (Å²) >= 11 is 2.84. The quantitative estimate of drug-likeness (QED) is 0.525. The van der Waals surface area contributed by atoms with Gasteiger partial charge in [0.1, 0.15) is 4.60 Å². The molecule has 0 atom stereocenters. The number of aromatic nitrogens is 1. The summed E-state index contributed by atoms with van der Waals surface area (Å²) in [5.74, 6) is -0.613. The highest BCUT2D eigenvalue weighted by molar-refractivity contribution is 9.10. The van der Waals surface area contributed by atoms with E-state index >= 15 is 0 Å². The molecule has 0 aliphatic carbocycles. The smallest absolute Gasteiger partial charge is 0.166 e. The van der Waals surface area contributed by atoms with Crippen LogP contribution in [0.3, 0.4) is 0 Å². The lowest BCUT2D eigenvalue weighted by molar-refractivity contribution is 0.111.